The molecule has 0 aromatic rings. The lowest BCUT2D eigenvalue weighted by Crippen LogP contribution is -2.49. The number of carbonyl (C=O) groups excluding carboxylic acids is 1. The Hall–Kier alpha value is -1.06. The van der Waals surface area contributed by atoms with Gasteiger partial charge in [0.2, 0.25) is 5.91 Å². The van der Waals surface area contributed by atoms with E-state index in [1.54, 1.807) is 0 Å². The van der Waals surface area contributed by atoms with Crippen molar-refractivity contribution in [1.29, 1.82) is 0 Å². The number of carbonyl (C=O) groups is 2. The summed E-state index contributed by atoms with van der Waals surface area (Å²) in [5.41, 5.74) is 0. The first kappa shape index (κ1) is 15.3. The van der Waals surface area contributed by atoms with Gasteiger partial charge >= 0.3 is 5.97 Å². The fraction of sp³-hybridized carbons (Fsp3) is 0.875. The minimum absolute atomic E-state index is 0.0656. The smallest absolute Gasteiger partial charge is 0.306 e. The largest absolute Gasteiger partial charge is 0.481 e. The molecular weight excluding hydrogens is 254 g/mol. The van der Waals surface area contributed by atoms with Crippen LogP contribution in [0.4, 0.5) is 0 Å². The van der Waals surface area contributed by atoms with Gasteiger partial charge in [-0.1, -0.05) is 20.3 Å². The first-order valence-corrected chi connectivity index (χ1v) is 8.04. The highest BCUT2D eigenvalue weighted by Gasteiger charge is 2.36. The van der Waals surface area contributed by atoms with Gasteiger partial charge in [-0.3, -0.25) is 9.59 Å². The standard InChI is InChI=1S/C16H27NO3/c1-11(2)14-8-3-4-9-17(14)15(18)12-6-5-7-13(10-12)16(19)20/h11-14H,3-10H2,1-2H3,(H,19,20). The molecule has 3 atom stereocenters. The maximum absolute atomic E-state index is 12.8. The molecule has 0 bridgehead atoms. The molecule has 0 spiro atoms. The average molecular weight is 281 g/mol. The monoisotopic (exact) mass is 281 g/mol. The molecule has 2 fully saturated rings. The van der Waals surface area contributed by atoms with E-state index in [0.717, 1.165) is 38.6 Å². The van der Waals surface area contributed by atoms with Crippen LogP contribution in [-0.4, -0.2) is 34.5 Å². The third-order valence-corrected chi connectivity index (χ3v) is 4.97. The van der Waals surface area contributed by atoms with Gasteiger partial charge in [0.05, 0.1) is 5.92 Å². The lowest BCUT2D eigenvalue weighted by atomic mass is 9.80. The van der Waals surface area contributed by atoms with Crippen molar-refractivity contribution in [2.24, 2.45) is 17.8 Å². The predicted octanol–water partition coefficient (Wildman–Crippen LogP) is 2.91. The van der Waals surface area contributed by atoms with E-state index in [-0.39, 0.29) is 17.7 Å². The van der Waals surface area contributed by atoms with Crippen molar-refractivity contribution < 1.29 is 14.7 Å². The lowest BCUT2D eigenvalue weighted by Gasteiger charge is -2.41. The van der Waals surface area contributed by atoms with Crippen molar-refractivity contribution in [1.82, 2.24) is 4.90 Å². The molecule has 4 nitrogen and oxygen atoms in total. The van der Waals surface area contributed by atoms with E-state index in [9.17, 15) is 9.59 Å². The Bertz CT molecular complexity index is 367. The van der Waals surface area contributed by atoms with E-state index in [0.29, 0.717) is 18.4 Å². The molecule has 1 saturated carbocycles. The van der Waals surface area contributed by atoms with Crippen LogP contribution in [0.15, 0.2) is 0 Å². The van der Waals surface area contributed by atoms with Crippen LogP contribution in [0.25, 0.3) is 0 Å². The highest BCUT2D eigenvalue weighted by Crippen LogP contribution is 2.33. The fourth-order valence-corrected chi connectivity index (χ4v) is 3.80. The van der Waals surface area contributed by atoms with E-state index in [1.807, 2.05) is 0 Å². The maximum Gasteiger partial charge on any atom is 0.306 e. The highest BCUT2D eigenvalue weighted by molar-refractivity contribution is 5.80. The molecule has 0 radical (unpaired) electrons. The van der Waals surface area contributed by atoms with Gasteiger partial charge in [-0.2, -0.15) is 0 Å². The third-order valence-electron chi connectivity index (χ3n) is 4.97. The lowest BCUT2D eigenvalue weighted by molar-refractivity contribution is -0.147. The minimum Gasteiger partial charge on any atom is -0.481 e. The first-order valence-electron chi connectivity index (χ1n) is 8.04. The molecule has 4 heteroatoms. The maximum atomic E-state index is 12.8. The van der Waals surface area contributed by atoms with Crippen molar-refractivity contribution in [2.45, 2.75) is 64.8 Å². The molecule has 1 saturated heterocycles. The first-order chi connectivity index (χ1) is 9.50. The fourth-order valence-electron chi connectivity index (χ4n) is 3.80. The normalized spacial score (nSPS) is 31.4. The number of amides is 1. The molecule has 0 aromatic carbocycles. The second-order valence-corrected chi connectivity index (χ2v) is 6.74. The number of rotatable bonds is 3. The van der Waals surface area contributed by atoms with Gasteiger partial charge in [-0.25, -0.2) is 0 Å². The molecule has 1 amide bonds. The number of nitrogens with zero attached hydrogens (tertiary/aromatic N) is 1. The minimum atomic E-state index is -0.735. The van der Waals surface area contributed by atoms with Gasteiger partial charge in [0, 0.05) is 18.5 Å². The molecule has 1 heterocycles. The summed E-state index contributed by atoms with van der Waals surface area (Å²) in [4.78, 5) is 26.0. The van der Waals surface area contributed by atoms with Gasteiger partial charge in [0.1, 0.15) is 0 Å². The van der Waals surface area contributed by atoms with E-state index in [2.05, 4.69) is 18.7 Å². The van der Waals surface area contributed by atoms with Gasteiger partial charge in [-0.05, 0) is 44.4 Å². The molecule has 2 aliphatic rings. The number of carboxylic acids is 1. The van der Waals surface area contributed by atoms with Crippen LogP contribution in [0, 0.1) is 17.8 Å². The second kappa shape index (κ2) is 6.59. The summed E-state index contributed by atoms with van der Waals surface area (Å²) in [5.74, 6) is -0.418. The Labute approximate surface area is 121 Å². The summed E-state index contributed by atoms with van der Waals surface area (Å²) in [7, 11) is 0. The number of carboxylic acid groups (broad SMARTS) is 1. The number of hydrogen-bond donors (Lipinski definition) is 1. The van der Waals surface area contributed by atoms with E-state index in [4.69, 9.17) is 5.11 Å². The van der Waals surface area contributed by atoms with Crippen LogP contribution in [0.1, 0.15) is 58.8 Å². The highest BCUT2D eigenvalue weighted by atomic mass is 16.4. The van der Waals surface area contributed by atoms with Gasteiger partial charge < -0.3 is 10.0 Å². The van der Waals surface area contributed by atoms with Crippen molar-refractivity contribution in [3.05, 3.63) is 0 Å². The Morgan fingerprint density at radius 2 is 1.75 bits per heavy atom. The SMILES string of the molecule is CC(C)C1CCCCN1C(=O)C1CCCC(C(=O)O)C1. The molecule has 1 N–H and O–H groups in total. The van der Waals surface area contributed by atoms with Gasteiger partial charge in [0.25, 0.3) is 0 Å². The van der Waals surface area contributed by atoms with Crippen LogP contribution >= 0.6 is 0 Å². The zero-order valence-corrected chi connectivity index (χ0v) is 12.7. The Morgan fingerprint density at radius 1 is 1.05 bits per heavy atom. The molecular formula is C16H27NO3. The van der Waals surface area contributed by atoms with E-state index >= 15 is 0 Å². The quantitative estimate of drug-likeness (QED) is 0.865. The van der Waals surface area contributed by atoms with Crippen LogP contribution in [0.2, 0.25) is 0 Å². The van der Waals surface area contributed by atoms with Crippen LogP contribution in [0.3, 0.4) is 0 Å². The molecule has 1 aliphatic heterocycles. The third kappa shape index (κ3) is 3.33. The van der Waals surface area contributed by atoms with Crippen LogP contribution in [-0.2, 0) is 9.59 Å². The second-order valence-electron chi connectivity index (χ2n) is 6.74. The number of aliphatic carboxylic acids is 1. The topological polar surface area (TPSA) is 57.6 Å². The van der Waals surface area contributed by atoms with Crippen LogP contribution in [0.5, 0.6) is 0 Å². The molecule has 1 aliphatic carbocycles. The summed E-state index contributed by atoms with van der Waals surface area (Å²) in [5, 5.41) is 9.16. The molecule has 2 rings (SSSR count). The zero-order chi connectivity index (χ0) is 14.7. The molecule has 114 valence electrons. The van der Waals surface area contributed by atoms with Crippen molar-refractivity contribution in [2.75, 3.05) is 6.54 Å². The van der Waals surface area contributed by atoms with E-state index in [1.165, 1.54) is 6.42 Å². The van der Waals surface area contributed by atoms with Gasteiger partial charge in [0.15, 0.2) is 0 Å². The predicted molar refractivity (Wildman–Crippen MR) is 77.3 cm³/mol. The van der Waals surface area contributed by atoms with E-state index < -0.39 is 5.97 Å². The van der Waals surface area contributed by atoms with Crippen molar-refractivity contribution >= 4 is 11.9 Å². The molecule has 0 aromatic heterocycles. The van der Waals surface area contributed by atoms with Crippen molar-refractivity contribution in [3.8, 4) is 0 Å². The summed E-state index contributed by atoms with van der Waals surface area (Å²) in [6.07, 6.45) is 6.39. The Kier molecular flexibility index (Phi) is 5.06. The molecule has 20 heavy (non-hydrogen) atoms. The number of likely N-dealkylation sites (tertiary alicyclic amines) is 1. The Balaban J connectivity index is 2.03. The van der Waals surface area contributed by atoms with Crippen molar-refractivity contribution in [3.63, 3.8) is 0 Å². The average Bonchev–Trinajstić information content (AvgIpc) is 2.46. The number of piperidine rings is 1. The summed E-state index contributed by atoms with van der Waals surface area (Å²) < 4.78 is 0. The summed E-state index contributed by atoms with van der Waals surface area (Å²) in [6.45, 7) is 5.21. The summed E-state index contributed by atoms with van der Waals surface area (Å²) >= 11 is 0. The summed E-state index contributed by atoms with van der Waals surface area (Å²) in [6, 6.07) is 0.349. The molecule has 3 unspecified atom stereocenters. The van der Waals surface area contributed by atoms with Gasteiger partial charge in [-0.15, -0.1) is 0 Å². The number of hydrogen-bond acceptors (Lipinski definition) is 2. The van der Waals surface area contributed by atoms with Crippen LogP contribution < -0.4 is 0 Å². The Morgan fingerprint density at radius 3 is 2.40 bits per heavy atom. The zero-order valence-electron chi connectivity index (χ0n) is 12.7.